The molecule has 172 valence electrons. The van der Waals surface area contributed by atoms with E-state index in [0.717, 1.165) is 31.2 Å². The second-order valence-corrected chi connectivity index (χ2v) is 10.8. The third-order valence-corrected chi connectivity index (χ3v) is 8.27. The van der Waals surface area contributed by atoms with Crippen molar-refractivity contribution in [3.05, 3.63) is 29.3 Å². The van der Waals surface area contributed by atoms with Crippen molar-refractivity contribution >= 4 is 5.78 Å². The number of hydrogen-bond donors (Lipinski definition) is 0. The van der Waals surface area contributed by atoms with Crippen molar-refractivity contribution in [3.63, 3.8) is 0 Å². The normalized spacial score (nSPS) is 32.9. The van der Waals surface area contributed by atoms with Crippen molar-refractivity contribution in [1.29, 1.82) is 0 Å². The summed E-state index contributed by atoms with van der Waals surface area (Å²) in [6.45, 7) is 10.1. The van der Waals surface area contributed by atoms with Crippen molar-refractivity contribution in [3.8, 4) is 5.75 Å². The summed E-state index contributed by atoms with van der Waals surface area (Å²) in [7, 11) is 3.33. The largest absolute Gasteiger partial charge is 0.463 e. The van der Waals surface area contributed by atoms with Crippen molar-refractivity contribution in [2.45, 2.75) is 90.3 Å². The van der Waals surface area contributed by atoms with E-state index in [0.29, 0.717) is 29.9 Å². The summed E-state index contributed by atoms with van der Waals surface area (Å²) in [5, 5.41) is 0. The summed E-state index contributed by atoms with van der Waals surface area (Å²) < 4.78 is 23.3. The molecule has 4 rings (SSSR count). The Morgan fingerprint density at radius 2 is 1.71 bits per heavy atom. The number of ketones is 1. The zero-order valence-corrected chi connectivity index (χ0v) is 20.1. The van der Waals surface area contributed by atoms with Crippen LogP contribution < -0.4 is 4.74 Å². The highest BCUT2D eigenvalue weighted by Crippen LogP contribution is 2.62. The topological polar surface area (TPSA) is 54.0 Å². The van der Waals surface area contributed by atoms with E-state index in [2.05, 4.69) is 13.0 Å². The highest BCUT2D eigenvalue weighted by atomic mass is 16.7. The van der Waals surface area contributed by atoms with Crippen LogP contribution in [0.5, 0.6) is 5.75 Å². The van der Waals surface area contributed by atoms with Crippen LogP contribution in [-0.2, 0) is 14.2 Å². The van der Waals surface area contributed by atoms with Gasteiger partial charge in [-0.25, -0.2) is 0 Å². The minimum absolute atomic E-state index is 0.0975. The summed E-state index contributed by atoms with van der Waals surface area (Å²) in [4.78, 5) is 13.2. The van der Waals surface area contributed by atoms with E-state index in [9.17, 15) is 4.79 Å². The van der Waals surface area contributed by atoms with Crippen LogP contribution >= 0.6 is 0 Å². The Hall–Kier alpha value is -1.43. The average Bonchev–Trinajstić information content (AvgIpc) is 3.04. The van der Waals surface area contributed by atoms with Gasteiger partial charge >= 0.3 is 0 Å². The third kappa shape index (κ3) is 4.05. The van der Waals surface area contributed by atoms with Gasteiger partial charge in [0.1, 0.15) is 5.75 Å². The van der Waals surface area contributed by atoms with Crippen LogP contribution in [0.25, 0.3) is 0 Å². The van der Waals surface area contributed by atoms with Gasteiger partial charge in [0.2, 0.25) is 5.79 Å². The molecule has 1 aromatic rings. The van der Waals surface area contributed by atoms with Crippen LogP contribution in [0, 0.1) is 17.3 Å². The minimum atomic E-state index is -0.726. The second kappa shape index (κ2) is 7.86. The number of Topliss-reactive ketones (excluding diaryl/α,β-unsaturated/α-hetero) is 1. The number of carbonyl (C=O) groups is 1. The fourth-order valence-electron chi connectivity index (χ4n) is 6.31. The summed E-state index contributed by atoms with van der Waals surface area (Å²) in [5.41, 5.74) is 2.13. The number of ether oxygens (including phenoxy) is 4. The van der Waals surface area contributed by atoms with Gasteiger partial charge in [-0.05, 0) is 80.4 Å². The molecule has 3 aliphatic rings. The molecular weight excluding hydrogens is 392 g/mol. The minimum Gasteiger partial charge on any atom is -0.463 e. The molecule has 0 aromatic heterocycles. The van der Waals surface area contributed by atoms with Crippen molar-refractivity contribution in [2.24, 2.45) is 17.3 Å². The van der Waals surface area contributed by atoms with Crippen molar-refractivity contribution < 1.29 is 23.7 Å². The van der Waals surface area contributed by atoms with Crippen molar-refractivity contribution in [2.75, 3.05) is 14.2 Å². The Labute approximate surface area is 186 Å². The molecule has 3 aliphatic carbocycles. The molecule has 0 heterocycles. The second-order valence-electron chi connectivity index (χ2n) is 10.8. The lowest BCUT2D eigenvalue weighted by atomic mass is 9.55. The number of methoxy groups -OCH3 is 2. The van der Waals surface area contributed by atoms with Gasteiger partial charge in [-0.15, -0.1) is 0 Å². The zero-order valence-electron chi connectivity index (χ0n) is 20.1. The van der Waals surface area contributed by atoms with Crippen LogP contribution in [0.2, 0.25) is 0 Å². The van der Waals surface area contributed by atoms with Crippen LogP contribution in [0.15, 0.2) is 18.2 Å². The van der Waals surface area contributed by atoms with Gasteiger partial charge in [-0.1, -0.05) is 13.0 Å². The Bertz CT molecular complexity index is 844. The first-order valence-corrected chi connectivity index (χ1v) is 11.6. The monoisotopic (exact) mass is 430 g/mol. The maximum absolute atomic E-state index is 13.2. The third-order valence-electron chi connectivity index (χ3n) is 8.27. The van der Waals surface area contributed by atoms with E-state index in [1.807, 2.05) is 39.8 Å². The summed E-state index contributed by atoms with van der Waals surface area (Å²) in [5.74, 6) is 0.947. The Kier molecular flexibility index (Phi) is 5.77. The van der Waals surface area contributed by atoms with Crippen LogP contribution in [0.3, 0.4) is 0 Å². The highest BCUT2D eigenvalue weighted by Gasteiger charge is 2.57. The predicted octanol–water partition coefficient (Wildman–Crippen LogP) is 5.71. The summed E-state index contributed by atoms with van der Waals surface area (Å²) in [6, 6.07) is 6.03. The number of benzene rings is 1. The van der Waals surface area contributed by atoms with Gasteiger partial charge in [-0.2, -0.15) is 0 Å². The molecule has 0 spiro atoms. The predicted molar refractivity (Wildman–Crippen MR) is 119 cm³/mol. The molecule has 0 radical (unpaired) electrons. The van der Waals surface area contributed by atoms with Gasteiger partial charge in [0, 0.05) is 40.1 Å². The van der Waals surface area contributed by atoms with Gasteiger partial charge in [0.15, 0.2) is 11.6 Å². The van der Waals surface area contributed by atoms with E-state index < -0.39 is 11.6 Å². The molecule has 0 aliphatic heterocycles. The lowest BCUT2D eigenvalue weighted by molar-refractivity contribution is -0.245. The number of fused-ring (bicyclic) bond motifs is 5. The molecule has 0 bridgehead atoms. The van der Waals surface area contributed by atoms with E-state index in [1.54, 1.807) is 14.2 Å². The molecule has 2 fully saturated rings. The summed E-state index contributed by atoms with van der Waals surface area (Å²) >= 11 is 0. The molecule has 1 aromatic carbocycles. The highest BCUT2D eigenvalue weighted by molar-refractivity contribution is 5.99. The Morgan fingerprint density at radius 3 is 2.39 bits per heavy atom. The van der Waals surface area contributed by atoms with Crippen LogP contribution in [0.4, 0.5) is 0 Å². The Balaban J connectivity index is 1.59. The molecule has 0 unspecified atom stereocenters. The van der Waals surface area contributed by atoms with Crippen LogP contribution in [0.1, 0.15) is 88.6 Å². The van der Waals surface area contributed by atoms with E-state index in [4.69, 9.17) is 18.9 Å². The molecule has 5 atom stereocenters. The quantitative estimate of drug-likeness (QED) is 0.541. The van der Waals surface area contributed by atoms with E-state index in [-0.39, 0.29) is 17.3 Å². The first kappa shape index (κ1) is 22.8. The molecule has 5 heteroatoms. The van der Waals surface area contributed by atoms with Gasteiger partial charge < -0.3 is 18.9 Å². The van der Waals surface area contributed by atoms with E-state index in [1.165, 1.54) is 5.56 Å². The average molecular weight is 431 g/mol. The maximum atomic E-state index is 13.2. The SMILES string of the molecule is COC(C)(C)Oc1ccc2c(c1)C(=O)C[C@@H]1[C@@H]2CC[C@]2(C)[C@@H](OC(C)(C)OC)CC[C@@H]12. The van der Waals surface area contributed by atoms with Crippen molar-refractivity contribution in [1.82, 2.24) is 0 Å². The standard InChI is InChI=1S/C26H38O5/c1-24(2,28-6)30-16-8-9-17-18-12-13-26(5)21(19(18)15-22(27)20(17)14-16)10-11-23(26)31-25(3,4)29-7/h8-9,14,18-19,21,23H,10-13,15H2,1-7H3/t18-,19-,21+,23+,26+/m1/s1. The van der Waals surface area contributed by atoms with Gasteiger partial charge in [-0.3, -0.25) is 4.79 Å². The molecule has 0 saturated heterocycles. The van der Waals surface area contributed by atoms with Crippen LogP contribution in [-0.4, -0.2) is 37.7 Å². The molecule has 0 amide bonds. The van der Waals surface area contributed by atoms with Gasteiger partial charge in [0.05, 0.1) is 6.10 Å². The smallest absolute Gasteiger partial charge is 0.204 e. The molecule has 31 heavy (non-hydrogen) atoms. The zero-order chi connectivity index (χ0) is 22.6. The maximum Gasteiger partial charge on any atom is 0.204 e. The lowest BCUT2D eigenvalue weighted by Crippen LogP contribution is -2.47. The fraction of sp³-hybridized carbons (Fsp3) is 0.731. The first-order chi connectivity index (χ1) is 14.5. The number of rotatable bonds is 6. The molecule has 2 saturated carbocycles. The summed E-state index contributed by atoms with van der Waals surface area (Å²) in [6.07, 6.45) is 5.17. The molecule has 0 N–H and O–H groups in total. The van der Waals surface area contributed by atoms with E-state index >= 15 is 0 Å². The Morgan fingerprint density at radius 1 is 1.00 bits per heavy atom. The molecular formula is C26H38O5. The number of carbonyl (C=O) groups excluding carboxylic acids is 1. The van der Waals surface area contributed by atoms with Gasteiger partial charge in [0.25, 0.3) is 0 Å². The molecule has 5 nitrogen and oxygen atoms in total. The lowest BCUT2D eigenvalue weighted by Gasteiger charge is -2.51. The fourth-order valence-corrected chi connectivity index (χ4v) is 6.31. The first-order valence-electron chi connectivity index (χ1n) is 11.6. The number of hydrogen-bond acceptors (Lipinski definition) is 5.